The number of hydrogen-bond donors (Lipinski definition) is 2. The summed E-state index contributed by atoms with van der Waals surface area (Å²) in [6.45, 7) is 4.99. The van der Waals surface area contributed by atoms with Crippen molar-refractivity contribution in [2.45, 2.75) is 38.8 Å². The number of hydrogen-bond acceptors (Lipinski definition) is 3. The van der Waals surface area contributed by atoms with Crippen LogP contribution in [0.25, 0.3) is 0 Å². The van der Waals surface area contributed by atoms with Gasteiger partial charge in [0, 0.05) is 18.8 Å². The lowest BCUT2D eigenvalue weighted by Crippen LogP contribution is -2.32. The first-order valence-electron chi connectivity index (χ1n) is 8.01. The van der Waals surface area contributed by atoms with Crippen molar-refractivity contribution < 1.29 is 5.11 Å². The molecule has 1 aromatic heterocycles. The van der Waals surface area contributed by atoms with E-state index in [-0.39, 0.29) is 12.1 Å². The molecule has 1 heterocycles. The highest BCUT2D eigenvalue weighted by Crippen LogP contribution is 2.19. The minimum atomic E-state index is -0.388. The smallest absolute Gasteiger partial charge is 0.0705 e. The van der Waals surface area contributed by atoms with Crippen molar-refractivity contribution in [3.8, 4) is 0 Å². The second kappa shape index (κ2) is 8.66. The van der Waals surface area contributed by atoms with Gasteiger partial charge in [-0.2, -0.15) is 0 Å². The number of nitrogens with one attached hydrogen (secondary N) is 1. The lowest BCUT2D eigenvalue weighted by molar-refractivity contribution is 0.165. The lowest BCUT2D eigenvalue weighted by atomic mass is 10.00. The van der Waals surface area contributed by atoms with Gasteiger partial charge in [0.25, 0.3) is 0 Å². The highest BCUT2D eigenvalue weighted by molar-refractivity contribution is 5.15. The van der Waals surface area contributed by atoms with Gasteiger partial charge in [0.05, 0.1) is 11.8 Å². The van der Waals surface area contributed by atoms with E-state index in [0.717, 1.165) is 17.7 Å². The van der Waals surface area contributed by atoms with Crippen LogP contribution in [0.3, 0.4) is 0 Å². The van der Waals surface area contributed by atoms with Crippen LogP contribution in [0.2, 0.25) is 0 Å². The molecule has 118 valence electrons. The topological polar surface area (TPSA) is 45.1 Å². The zero-order valence-electron chi connectivity index (χ0n) is 13.4. The van der Waals surface area contributed by atoms with Crippen LogP contribution in [0.1, 0.15) is 37.6 Å². The Hall–Kier alpha value is -1.71. The molecule has 0 aliphatic rings. The Balaban J connectivity index is 1.90. The summed E-state index contributed by atoms with van der Waals surface area (Å²) in [5.74, 6) is 0.575. The number of benzene rings is 1. The number of nitrogens with zero attached hydrogens (tertiary/aromatic N) is 1. The molecule has 0 saturated carbocycles. The number of aliphatic hydroxyl groups excluding tert-OH is 1. The van der Waals surface area contributed by atoms with Crippen LogP contribution in [0.4, 0.5) is 0 Å². The molecule has 3 heteroatoms. The van der Waals surface area contributed by atoms with E-state index in [2.05, 4.69) is 24.1 Å². The normalized spacial score (nSPS) is 14.0. The summed E-state index contributed by atoms with van der Waals surface area (Å²) in [4.78, 5) is 4.45. The van der Waals surface area contributed by atoms with Crippen molar-refractivity contribution in [2.24, 2.45) is 5.92 Å². The van der Waals surface area contributed by atoms with E-state index < -0.39 is 0 Å². The molecule has 2 unspecified atom stereocenters. The molecule has 3 nitrogen and oxygen atoms in total. The summed E-state index contributed by atoms with van der Waals surface area (Å²) in [7, 11) is 0. The molecule has 1 aromatic carbocycles. The van der Waals surface area contributed by atoms with Crippen molar-refractivity contribution in [3.63, 3.8) is 0 Å². The maximum absolute atomic E-state index is 10.2. The van der Waals surface area contributed by atoms with Gasteiger partial charge in [0.2, 0.25) is 0 Å². The van der Waals surface area contributed by atoms with Crippen molar-refractivity contribution in [1.29, 1.82) is 0 Å². The van der Waals surface area contributed by atoms with E-state index >= 15 is 0 Å². The minimum absolute atomic E-state index is 0.187. The van der Waals surface area contributed by atoms with E-state index in [1.54, 1.807) is 0 Å². The third kappa shape index (κ3) is 5.58. The summed E-state index contributed by atoms with van der Waals surface area (Å²) in [6.07, 6.45) is 3.12. The standard InChI is InChI=1S/C19H26N2O/c1-15(2)12-19(18-10-6-7-11-20-18)21-14-17(22)13-16-8-4-3-5-9-16/h3-11,15,17,19,21-22H,12-14H2,1-2H3. The van der Waals surface area contributed by atoms with Gasteiger partial charge in [-0.15, -0.1) is 0 Å². The molecule has 0 aliphatic heterocycles. The maximum atomic E-state index is 10.2. The molecule has 0 spiro atoms. The zero-order chi connectivity index (χ0) is 15.8. The summed E-state index contributed by atoms with van der Waals surface area (Å²) < 4.78 is 0. The molecule has 2 rings (SSSR count). The zero-order valence-corrected chi connectivity index (χ0v) is 13.4. The van der Waals surface area contributed by atoms with E-state index in [0.29, 0.717) is 18.9 Å². The summed E-state index contributed by atoms with van der Waals surface area (Å²) in [5.41, 5.74) is 2.21. The molecule has 22 heavy (non-hydrogen) atoms. The third-order valence-corrected chi connectivity index (χ3v) is 3.67. The molecule has 2 atom stereocenters. The van der Waals surface area contributed by atoms with Gasteiger partial charge in [-0.1, -0.05) is 50.2 Å². The second-order valence-electron chi connectivity index (χ2n) is 6.19. The highest BCUT2D eigenvalue weighted by Gasteiger charge is 2.15. The largest absolute Gasteiger partial charge is 0.391 e. The Morgan fingerprint density at radius 2 is 1.77 bits per heavy atom. The van der Waals surface area contributed by atoms with Gasteiger partial charge < -0.3 is 10.4 Å². The SMILES string of the molecule is CC(C)CC(NCC(O)Cc1ccccc1)c1ccccn1. The third-order valence-electron chi connectivity index (χ3n) is 3.67. The fourth-order valence-electron chi connectivity index (χ4n) is 2.60. The first-order chi connectivity index (χ1) is 10.6. The predicted molar refractivity (Wildman–Crippen MR) is 90.6 cm³/mol. The van der Waals surface area contributed by atoms with Crippen molar-refractivity contribution >= 4 is 0 Å². The molecule has 0 fully saturated rings. The van der Waals surface area contributed by atoms with E-state index in [1.807, 2.05) is 54.7 Å². The minimum Gasteiger partial charge on any atom is -0.391 e. The second-order valence-corrected chi connectivity index (χ2v) is 6.19. The molecular formula is C19H26N2O. The number of pyridine rings is 1. The first-order valence-corrected chi connectivity index (χ1v) is 8.01. The lowest BCUT2D eigenvalue weighted by Gasteiger charge is -2.22. The predicted octanol–water partition coefficient (Wildman–Crippen LogP) is 3.36. The molecule has 2 aromatic rings. The summed E-state index contributed by atoms with van der Waals surface area (Å²) in [5, 5.41) is 13.7. The van der Waals surface area contributed by atoms with Crippen molar-refractivity contribution in [1.82, 2.24) is 10.3 Å². The van der Waals surface area contributed by atoms with Gasteiger partial charge in [0.1, 0.15) is 0 Å². The molecule has 0 bridgehead atoms. The fraction of sp³-hybridized carbons (Fsp3) is 0.421. The molecule has 0 amide bonds. The molecule has 2 N–H and O–H groups in total. The van der Waals surface area contributed by atoms with Crippen molar-refractivity contribution in [2.75, 3.05) is 6.54 Å². The van der Waals surface area contributed by atoms with E-state index in [9.17, 15) is 5.11 Å². The number of rotatable bonds is 8. The molecular weight excluding hydrogens is 272 g/mol. The van der Waals surface area contributed by atoms with Crippen LogP contribution in [-0.4, -0.2) is 22.7 Å². The van der Waals surface area contributed by atoms with Gasteiger partial charge >= 0.3 is 0 Å². The van der Waals surface area contributed by atoms with Crippen LogP contribution >= 0.6 is 0 Å². The van der Waals surface area contributed by atoms with Crippen molar-refractivity contribution in [3.05, 3.63) is 66.0 Å². The average Bonchev–Trinajstić information content (AvgIpc) is 2.53. The van der Waals surface area contributed by atoms with Crippen LogP contribution < -0.4 is 5.32 Å². The maximum Gasteiger partial charge on any atom is 0.0705 e. The Morgan fingerprint density at radius 3 is 2.41 bits per heavy atom. The van der Waals surface area contributed by atoms with E-state index in [4.69, 9.17) is 0 Å². The van der Waals surface area contributed by atoms with Crippen LogP contribution in [0.15, 0.2) is 54.7 Å². The summed E-state index contributed by atoms with van der Waals surface area (Å²) >= 11 is 0. The molecule has 0 radical (unpaired) electrons. The van der Waals surface area contributed by atoms with Crippen LogP contribution in [0, 0.1) is 5.92 Å². The average molecular weight is 298 g/mol. The van der Waals surface area contributed by atoms with Gasteiger partial charge in [-0.25, -0.2) is 0 Å². The summed E-state index contributed by atoms with van der Waals surface area (Å²) in [6, 6.07) is 16.3. The fourth-order valence-corrected chi connectivity index (χ4v) is 2.60. The van der Waals surface area contributed by atoms with E-state index in [1.165, 1.54) is 0 Å². The Morgan fingerprint density at radius 1 is 1.05 bits per heavy atom. The monoisotopic (exact) mass is 298 g/mol. The quantitative estimate of drug-likeness (QED) is 0.785. The van der Waals surface area contributed by atoms with Crippen LogP contribution in [-0.2, 0) is 6.42 Å². The van der Waals surface area contributed by atoms with Crippen LogP contribution in [0.5, 0.6) is 0 Å². The number of aromatic nitrogens is 1. The van der Waals surface area contributed by atoms with Gasteiger partial charge in [-0.3, -0.25) is 4.98 Å². The number of aliphatic hydroxyl groups is 1. The molecule has 0 saturated heterocycles. The Kier molecular flexibility index (Phi) is 6.56. The Bertz CT molecular complexity index is 528. The van der Waals surface area contributed by atoms with Gasteiger partial charge in [-0.05, 0) is 36.5 Å². The molecule has 0 aliphatic carbocycles. The first kappa shape index (κ1) is 16.7. The van der Waals surface area contributed by atoms with Gasteiger partial charge in [0.15, 0.2) is 0 Å². The Labute approximate surface area is 133 Å². The highest BCUT2D eigenvalue weighted by atomic mass is 16.3.